The van der Waals surface area contributed by atoms with Gasteiger partial charge < -0.3 is 9.64 Å². The molecule has 0 bridgehead atoms. The number of carbonyl (C=O) groups is 1. The summed E-state index contributed by atoms with van der Waals surface area (Å²) in [7, 11) is 3.91. The number of ketones is 1. The van der Waals surface area contributed by atoms with Gasteiger partial charge in [0.15, 0.2) is 5.78 Å². The van der Waals surface area contributed by atoms with Gasteiger partial charge in [0.2, 0.25) is 0 Å². The van der Waals surface area contributed by atoms with Crippen molar-refractivity contribution in [2.45, 2.75) is 43.1 Å². The van der Waals surface area contributed by atoms with E-state index in [-0.39, 0.29) is 17.1 Å². The smallest absolute Gasteiger partial charge is 0.173 e. The summed E-state index contributed by atoms with van der Waals surface area (Å²) in [4.78, 5) is 19.4. The Kier molecular flexibility index (Phi) is 5.51. The van der Waals surface area contributed by atoms with Gasteiger partial charge in [-0.2, -0.15) is 0 Å². The number of hydrogen-bond acceptors (Lipinski definition) is 5. The maximum Gasteiger partial charge on any atom is 0.173 e. The van der Waals surface area contributed by atoms with Crippen molar-refractivity contribution < 1.29 is 9.53 Å². The molecular weight excluding hydrogens is 308 g/mol. The van der Waals surface area contributed by atoms with Gasteiger partial charge in [0.05, 0.1) is 11.4 Å². The van der Waals surface area contributed by atoms with Gasteiger partial charge in [0, 0.05) is 43.5 Å². The zero-order valence-corrected chi connectivity index (χ0v) is 14.6. The third-order valence-electron chi connectivity index (χ3n) is 4.83. The maximum atomic E-state index is 12.7. The highest BCUT2D eigenvalue weighted by Gasteiger charge is 2.34. The Hall–Kier alpha value is -1.17. The SMILES string of the molecule is COC(CC1=CSC(Cc2ccccn2)C1=O)C1CCCN1C. The van der Waals surface area contributed by atoms with E-state index in [1.54, 1.807) is 25.1 Å². The lowest BCUT2D eigenvalue weighted by atomic mass is 9.96. The van der Waals surface area contributed by atoms with Crippen LogP contribution in [0.2, 0.25) is 0 Å². The molecule has 1 fully saturated rings. The van der Waals surface area contributed by atoms with Gasteiger partial charge in [-0.25, -0.2) is 0 Å². The van der Waals surface area contributed by atoms with Gasteiger partial charge in [0.25, 0.3) is 0 Å². The fraction of sp³-hybridized carbons (Fsp3) is 0.556. The summed E-state index contributed by atoms with van der Waals surface area (Å²) in [5, 5.41) is 2.01. The Morgan fingerprint density at radius 3 is 3.00 bits per heavy atom. The maximum absolute atomic E-state index is 12.7. The van der Waals surface area contributed by atoms with Crippen LogP contribution in [0.1, 0.15) is 25.0 Å². The summed E-state index contributed by atoms with van der Waals surface area (Å²) in [6, 6.07) is 6.28. The Morgan fingerprint density at radius 2 is 2.35 bits per heavy atom. The Balaban J connectivity index is 1.60. The van der Waals surface area contributed by atoms with Crippen LogP contribution >= 0.6 is 11.8 Å². The van der Waals surface area contributed by atoms with E-state index in [1.807, 2.05) is 23.6 Å². The summed E-state index contributed by atoms with van der Waals surface area (Å²) in [5.41, 5.74) is 1.90. The average molecular weight is 332 g/mol. The number of ether oxygens (including phenoxy) is 1. The monoisotopic (exact) mass is 332 g/mol. The first-order chi connectivity index (χ1) is 11.2. The standard InChI is InChI=1S/C18H24N2O2S/c1-20-9-5-7-15(20)16(22-2)10-13-12-23-17(18(13)21)11-14-6-3-4-8-19-14/h3-4,6,8,12,15-17H,5,7,9-11H2,1-2H3. The van der Waals surface area contributed by atoms with Crippen LogP contribution in [0.3, 0.4) is 0 Å². The highest BCUT2D eigenvalue weighted by molar-refractivity contribution is 8.04. The van der Waals surface area contributed by atoms with Crippen molar-refractivity contribution in [2.75, 3.05) is 20.7 Å². The number of Topliss-reactive ketones (excluding diaryl/α,β-unsaturated/α-hetero) is 1. The number of thioether (sulfide) groups is 1. The van der Waals surface area contributed by atoms with Gasteiger partial charge in [-0.1, -0.05) is 6.07 Å². The number of rotatable bonds is 6. The second-order valence-electron chi connectivity index (χ2n) is 6.33. The van der Waals surface area contributed by atoms with Crippen LogP contribution < -0.4 is 0 Å². The van der Waals surface area contributed by atoms with Crippen LogP contribution in [-0.2, 0) is 16.0 Å². The molecule has 1 saturated heterocycles. The minimum Gasteiger partial charge on any atom is -0.379 e. The lowest BCUT2D eigenvalue weighted by molar-refractivity contribution is -0.115. The molecule has 124 valence electrons. The summed E-state index contributed by atoms with van der Waals surface area (Å²) < 4.78 is 5.71. The molecule has 0 aliphatic carbocycles. The summed E-state index contributed by atoms with van der Waals surface area (Å²) in [6.45, 7) is 1.12. The van der Waals surface area contributed by atoms with Crippen molar-refractivity contribution >= 4 is 17.5 Å². The van der Waals surface area contributed by atoms with Crippen LogP contribution in [-0.4, -0.2) is 53.8 Å². The predicted molar refractivity (Wildman–Crippen MR) is 93.5 cm³/mol. The lowest BCUT2D eigenvalue weighted by Gasteiger charge is -2.28. The molecule has 1 aromatic rings. The normalized spacial score (nSPS) is 26.5. The summed E-state index contributed by atoms with van der Waals surface area (Å²) in [6.07, 6.45) is 5.67. The van der Waals surface area contributed by atoms with Gasteiger partial charge in [0.1, 0.15) is 0 Å². The van der Waals surface area contributed by atoms with Crippen molar-refractivity contribution in [3.05, 3.63) is 41.1 Å². The molecular formula is C18H24N2O2S. The number of likely N-dealkylation sites (N-methyl/N-ethyl adjacent to an activating group) is 1. The Morgan fingerprint density at radius 1 is 1.48 bits per heavy atom. The van der Waals surface area contributed by atoms with Gasteiger partial charge in [-0.15, -0.1) is 11.8 Å². The second-order valence-corrected chi connectivity index (χ2v) is 7.40. The highest BCUT2D eigenvalue weighted by Crippen LogP contribution is 2.33. The van der Waals surface area contributed by atoms with Crippen molar-refractivity contribution in [1.29, 1.82) is 0 Å². The molecule has 3 rings (SSSR count). The van der Waals surface area contributed by atoms with Gasteiger partial charge in [-0.05, 0) is 44.0 Å². The molecule has 0 saturated carbocycles. The molecule has 3 atom stereocenters. The Bertz CT molecular complexity index is 576. The first-order valence-electron chi connectivity index (χ1n) is 8.20. The minimum atomic E-state index is -0.0290. The number of nitrogens with zero attached hydrogens (tertiary/aromatic N) is 2. The fourth-order valence-corrected chi connectivity index (χ4v) is 4.57. The van der Waals surface area contributed by atoms with Crippen molar-refractivity contribution in [3.8, 4) is 0 Å². The van der Waals surface area contributed by atoms with Gasteiger partial charge >= 0.3 is 0 Å². The van der Waals surface area contributed by atoms with Crippen molar-refractivity contribution in [3.63, 3.8) is 0 Å². The van der Waals surface area contributed by atoms with E-state index in [4.69, 9.17) is 4.74 Å². The molecule has 0 N–H and O–H groups in total. The molecule has 4 nitrogen and oxygen atoms in total. The molecule has 2 aliphatic heterocycles. The minimum absolute atomic E-state index is 0.0290. The second kappa shape index (κ2) is 7.60. The van der Waals surface area contributed by atoms with Crippen LogP contribution in [0.25, 0.3) is 0 Å². The van der Waals surface area contributed by atoms with E-state index < -0.39 is 0 Å². The fourth-order valence-electron chi connectivity index (χ4n) is 3.49. The number of aromatic nitrogens is 1. The zero-order valence-electron chi connectivity index (χ0n) is 13.8. The molecule has 3 unspecified atom stereocenters. The zero-order chi connectivity index (χ0) is 16.2. The van der Waals surface area contributed by atoms with E-state index >= 15 is 0 Å². The molecule has 5 heteroatoms. The molecule has 0 spiro atoms. The average Bonchev–Trinajstić information content (AvgIpc) is 3.14. The summed E-state index contributed by atoms with van der Waals surface area (Å²) >= 11 is 1.63. The van der Waals surface area contributed by atoms with E-state index in [2.05, 4.69) is 16.9 Å². The molecule has 0 amide bonds. The Labute approximate surface area is 142 Å². The number of methoxy groups -OCH3 is 1. The first kappa shape index (κ1) is 16.7. The first-order valence-corrected chi connectivity index (χ1v) is 9.15. The third-order valence-corrected chi connectivity index (χ3v) is 5.96. The number of carbonyl (C=O) groups excluding carboxylic acids is 1. The molecule has 0 radical (unpaired) electrons. The van der Waals surface area contributed by atoms with E-state index in [0.29, 0.717) is 12.5 Å². The van der Waals surface area contributed by atoms with Gasteiger partial charge in [-0.3, -0.25) is 9.78 Å². The summed E-state index contributed by atoms with van der Waals surface area (Å²) in [5.74, 6) is 0.253. The van der Waals surface area contributed by atoms with E-state index in [1.165, 1.54) is 6.42 Å². The molecule has 2 aliphatic rings. The predicted octanol–water partition coefficient (Wildman–Crippen LogP) is 2.69. The molecule has 3 heterocycles. The quantitative estimate of drug-likeness (QED) is 0.801. The number of likely N-dealkylation sites (tertiary alicyclic amines) is 1. The van der Waals surface area contributed by atoms with Crippen LogP contribution in [0.5, 0.6) is 0 Å². The molecule has 1 aromatic heterocycles. The van der Waals surface area contributed by atoms with Crippen molar-refractivity contribution in [2.24, 2.45) is 0 Å². The van der Waals surface area contributed by atoms with E-state index in [0.717, 1.165) is 30.7 Å². The van der Waals surface area contributed by atoms with Crippen LogP contribution in [0.4, 0.5) is 0 Å². The third kappa shape index (κ3) is 3.84. The molecule has 23 heavy (non-hydrogen) atoms. The number of hydrogen-bond donors (Lipinski definition) is 0. The topological polar surface area (TPSA) is 42.4 Å². The lowest BCUT2D eigenvalue weighted by Crippen LogP contribution is -2.38. The van der Waals surface area contributed by atoms with Crippen molar-refractivity contribution in [1.82, 2.24) is 9.88 Å². The van der Waals surface area contributed by atoms with E-state index in [9.17, 15) is 4.79 Å². The van der Waals surface area contributed by atoms with Crippen LogP contribution in [0, 0.1) is 0 Å². The number of pyridine rings is 1. The van der Waals surface area contributed by atoms with Crippen LogP contribution in [0.15, 0.2) is 35.4 Å². The largest absolute Gasteiger partial charge is 0.379 e. The molecule has 0 aromatic carbocycles. The highest BCUT2D eigenvalue weighted by atomic mass is 32.2.